The third kappa shape index (κ3) is 8.34. The standard InChI is InChI=1S/C10H22N2O6/c1-7(14)8(4-13)17-6-10(16)18-5-9(15)12-3-2-11/h7-8,10,13-14,16H,2-6,11H2,1H3,(H,12,15). The minimum Gasteiger partial charge on any atom is -0.394 e. The summed E-state index contributed by atoms with van der Waals surface area (Å²) in [4.78, 5) is 11.1. The average molecular weight is 266 g/mol. The molecule has 0 aliphatic rings. The van der Waals surface area contributed by atoms with Gasteiger partial charge in [0.15, 0.2) is 6.29 Å². The van der Waals surface area contributed by atoms with E-state index in [1.54, 1.807) is 0 Å². The third-order valence-electron chi connectivity index (χ3n) is 2.04. The van der Waals surface area contributed by atoms with Crippen LogP contribution in [0.2, 0.25) is 0 Å². The zero-order valence-electron chi connectivity index (χ0n) is 10.4. The van der Waals surface area contributed by atoms with E-state index in [-0.39, 0.29) is 19.8 Å². The largest absolute Gasteiger partial charge is 0.394 e. The molecule has 0 aromatic carbocycles. The molecule has 0 fully saturated rings. The zero-order valence-corrected chi connectivity index (χ0v) is 10.4. The van der Waals surface area contributed by atoms with Crippen molar-refractivity contribution in [3.63, 3.8) is 0 Å². The fourth-order valence-corrected chi connectivity index (χ4v) is 1.03. The minimum atomic E-state index is -1.30. The first-order valence-electron chi connectivity index (χ1n) is 5.68. The first-order chi connectivity index (χ1) is 8.51. The highest BCUT2D eigenvalue weighted by Gasteiger charge is 2.17. The first-order valence-corrected chi connectivity index (χ1v) is 5.68. The van der Waals surface area contributed by atoms with Gasteiger partial charge in [-0.2, -0.15) is 0 Å². The van der Waals surface area contributed by atoms with Crippen molar-refractivity contribution in [3.8, 4) is 0 Å². The van der Waals surface area contributed by atoms with E-state index in [1.807, 2.05) is 0 Å². The van der Waals surface area contributed by atoms with Crippen LogP contribution in [-0.4, -0.2) is 72.6 Å². The maximum Gasteiger partial charge on any atom is 0.246 e. The van der Waals surface area contributed by atoms with Crippen LogP contribution in [0.3, 0.4) is 0 Å². The summed E-state index contributed by atoms with van der Waals surface area (Å²) in [5, 5.41) is 29.8. The monoisotopic (exact) mass is 266 g/mol. The van der Waals surface area contributed by atoms with E-state index < -0.39 is 24.4 Å². The van der Waals surface area contributed by atoms with E-state index in [0.717, 1.165) is 0 Å². The maximum absolute atomic E-state index is 11.1. The molecule has 0 aromatic rings. The number of hydrogen-bond donors (Lipinski definition) is 5. The average Bonchev–Trinajstić information content (AvgIpc) is 2.34. The molecular weight excluding hydrogens is 244 g/mol. The highest BCUT2D eigenvalue weighted by atomic mass is 16.6. The van der Waals surface area contributed by atoms with E-state index in [0.29, 0.717) is 13.1 Å². The summed E-state index contributed by atoms with van der Waals surface area (Å²) in [6, 6.07) is 0. The SMILES string of the molecule is CC(O)C(CO)OCC(O)OCC(=O)NCCN. The van der Waals surface area contributed by atoms with Gasteiger partial charge in [-0.15, -0.1) is 0 Å². The smallest absolute Gasteiger partial charge is 0.246 e. The number of nitrogens with one attached hydrogen (secondary N) is 1. The molecule has 0 aliphatic carbocycles. The Labute approximate surface area is 106 Å². The predicted octanol–water partition coefficient (Wildman–Crippen LogP) is -2.85. The molecule has 0 rings (SSSR count). The summed E-state index contributed by atoms with van der Waals surface area (Å²) in [5.41, 5.74) is 5.19. The van der Waals surface area contributed by atoms with Crippen LogP contribution in [0.5, 0.6) is 0 Å². The van der Waals surface area contributed by atoms with Crippen LogP contribution in [-0.2, 0) is 14.3 Å². The van der Waals surface area contributed by atoms with Gasteiger partial charge in [0.05, 0.1) is 19.3 Å². The van der Waals surface area contributed by atoms with Crippen molar-refractivity contribution in [1.82, 2.24) is 5.32 Å². The van der Waals surface area contributed by atoms with Gasteiger partial charge in [-0.3, -0.25) is 4.79 Å². The second-order valence-corrected chi connectivity index (χ2v) is 3.70. The molecule has 8 nitrogen and oxygen atoms in total. The van der Waals surface area contributed by atoms with Crippen LogP contribution >= 0.6 is 0 Å². The van der Waals surface area contributed by atoms with Crippen LogP contribution in [0.25, 0.3) is 0 Å². The van der Waals surface area contributed by atoms with Gasteiger partial charge in [0.25, 0.3) is 0 Å². The topological polar surface area (TPSA) is 134 Å². The lowest BCUT2D eigenvalue weighted by molar-refractivity contribution is -0.170. The molecular formula is C10H22N2O6. The van der Waals surface area contributed by atoms with Crippen molar-refractivity contribution in [1.29, 1.82) is 0 Å². The molecule has 0 heterocycles. The number of carbonyl (C=O) groups is 1. The maximum atomic E-state index is 11.1. The second-order valence-electron chi connectivity index (χ2n) is 3.70. The minimum absolute atomic E-state index is 0.250. The summed E-state index contributed by atoms with van der Waals surface area (Å²) in [6.45, 7) is 1.17. The van der Waals surface area contributed by atoms with Crippen LogP contribution in [0.4, 0.5) is 0 Å². The van der Waals surface area contributed by atoms with Crippen LogP contribution in [0, 0.1) is 0 Å². The number of aliphatic hydroxyl groups is 3. The van der Waals surface area contributed by atoms with E-state index in [9.17, 15) is 9.90 Å². The predicted molar refractivity (Wildman–Crippen MR) is 62.5 cm³/mol. The van der Waals surface area contributed by atoms with Gasteiger partial charge in [0.2, 0.25) is 5.91 Å². The molecule has 0 aromatic heterocycles. The van der Waals surface area contributed by atoms with Crippen molar-refractivity contribution in [2.45, 2.75) is 25.4 Å². The lowest BCUT2D eigenvalue weighted by atomic mass is 10.2. The number of hydrogen-bond acceptors (Lipinski definition) is 7. The van der Waals surface area contributed by atoms with Gasteiger partial charge in [-0.05, 0) is 6.92 Å². The molecule has 108 valence electrons. The Balaban J connectivity index is 3.70. The highest BCUT2D eigenvalue weighted by molar-refractivity contribution is 5.77. The number of amides is 1. The van der Waals surface area contributed by atoms with E-state index in [1.165, 1.54) is 6.92 Å². The third-order valence-corrected chi connectivity index (χ3v) is 2.04. The van der Waals surface area contributed by atoms with E-state index >= 15 is 0 Å². The van der Waals surface area contributed by atoms with Gasteiger partial charge in [0, 0.05) is 13.1 Å². The van der Waals surface area contributed by atoms with Gasteiger partial charge in [-0.1, -0.05) is 0 Å². The van der Waals surface area contributed by atoms with Gasteiger partial charge >= 0.3 is 0 Å². The fourth-order valence-electron chi connectivity index (χ4n) is 1.03. The normalized spacial score (nSPS) is 16.1. The summed E-state index contributed by atoms with van der Waals surface area (Å²) in [6.07, 6.45) is -2.97. The molecule has 1 amide bonds. The molecule has 0 aliphatic heterocycles. The van der Waals surface area contributed by atoms with E-state index in [4.69, 9.17) is 25.4 Å². The number of ether oxygens (including phenoxy) is 2. The Hall–Kier alpha value is -0.770. The Morgan fingerprint density at radius 1 is 1.39 bits per heavy atom. The first kappa shape index (κ1) is 17.2. The van der Waals surface area contributed by atoms with Gasteiger partial charge in [0.1, 0.15) is 12.7 Å². The summed E-state index contributed by atoms with van der Waals surface area (Å²) in [5.74, 6) is -0.395. The van der Waals surface area contributed by atoms with Gasteiger partial charge in [-0.25, -0.2) is 0 Å². The van der Waals surface area contributed by atoms with E-state index in [2.05, 4.69) is 5.32 Å². The molecule has 0 radical (unpaired) electrons. The zero-order chi connectivity index (χ0) is 14.0. The van der Waals surface area contributed by atoms with Crippen LogP contribution in [0.1, 0.15) is 6.92 Å². The van der Waals surface area contributed by atoms with Crippen molar-refractivity contribution >= 4 is 5.91 Å². The fraction of sp³-hybridized carbons (Fsp3) is 0.900. The van der Waals surface area contributed by atoms with Crippen LogP contribution < -0.4 is 11.1 Å². The molecule has 8 heteroatoms. The Morgan fingerprint density at radius 2 is 2.06 bits per heavy atom. The van der Waals surface area contributed by atoms with Crippen molar-refractivity contribution < 1.29 is 29.6 Å². The number of rotatable bonds is 10. The van der Waals surface area contributed by atoms with Crippen LogP contribution in [0.15, 0.2) is 0 Å². The van der Waals surface area contributed by atoms with Crippen molar-refractivity contribution in [3.05, 3.63) is 0 Å². The van der Waals surface area contributed by atoms with Crippen molar-refractivity contribution in [2.75, 3.05) is 32.9 Å². The Morgan fingerprint density at radius 3 is 2.56 bits per heavy atom. The summed E-state index contributed by atoms with van der Waals surface area (Å²) >= 11 is 0. The molecule has 3 unspecified atom stereocenters. The molecule has 0 saturated heterocycles. The lowest BCUT2D eigenvalue weighted by Gasteiger charge is -2.20. The molecule has 18 heavy (non-hydrogen) atoms. The quantitative estimate of drug-likeness (QED) is 0.269. The second kappa shape index (κ2) is 10.2. The van der Waals surface area contributed by atoms with Gasteiger partial charge < -0.3 is 35.8 Å². The molecule has 6 N–H and O–H groups in total. The Bertz CT molecular complexity index is 226. The molecule has 0 spiro atoms. The summed E-state index contributed by atoms with van der Waals surface area (Å²) < 4.78 is 9.79. The molecule has 0 saturated carbocycles. The number of aliphatic hydroxyl groups excluding tert-OH is 3. The lowest BCUT2D eigenvalue weighted by Crippen LogP contribution is -2.36. The number of carbonyl (C=O) groups excluding carboxylic acids is 1. The van der Waals surface area contributed by atoms with Crippen molar-refractivity contribution in [2.24, 2.45) is 5.73 Å². The molecule has 3 atom stereocenters. The molecule has 0 bridgehead atoms. The Kier molecular flexibility index (Phi) is 9.74. The number of nitrogens with two attached hydrogens (primary N) is 1. The highest BCUT2D eigenvalue weighted by Crippen LogP contribution is 2.00. The summed E-state index contributed by atoms with van der Waals surface area (Å²) in [7, 11) is 0.